The maximum atomic E-state index is 12.7. The van der Waals surface area contributed by atoms with Gasteiger partial charge in [-0.25, -0.2) is 4.39 Å². The zero-order chi connectivity index (χ0) is 6.69. The largest absolute Gasteiger partial charge is 0.240 e. The third kappa shape index (κ3) is 1.76. The lowest BCUT2D eigenvalue weighted by Gasteiger charge is -1.96. The van der Waals surface area contributed by atoms with Crippen molar-refractivity contribution >= 4 is 27.3 Å². The molecule has 1 rings (SSSR count). The van der Waals surface area contributed by atoms with Crippen LogP contribution in [0.1, 0.15) is 11.0 Å². The summed E-state index contributed by atoms with van der Waals surface area (Å²) in [5.41, 5.74) is 0. The SMILES string of the molecule is F[C@@H](CBr)c1cccs1. The number of alkyl halides is 2. The third-order valence-electron chi connectivity index (χ3n) is 0.987. The van der Waals surface area contributed by atoms with E-state index in [0.29, 0.717) is 5.33 Å². The Bertz CT molecular complexity index is 162. The van der Waals surface area contributed by atoms with E-state index in [9.17, 15) is 4.39 Å². The monoisotopic (exact) mass is 208 g/mol. The van der Waals surface area contributed by atoms with Crippen molar-refractivity contribution in [3.8, 4) is 0 Å². The molecule has 0 aromatic carbocycles. The quantitative estimate of drug-likeness (QED) is 0.656. The van der Waals surface area contributed by atoms with Gasteiger partial charge in [0, 0.05) is 10.2 Å². The Labute approximate surface area is 65.8 Å². The van der Waals surface area contributed by atoms with Crippen LogP contribution in [0.15, 0.2) is 17.5 Å². The van der Waals surface area contributed by atoms with Gasteiger partial charge in [-0.05, 0) is 11.4 Å². The van der Waals surface area contributed by atoms with Crippen LogP contribution in [0, 0.1) is 0 Å². The fraction of sp³-hybridized carbons (Fsp3) is 0.333. The lowest BCUT2D eigenvalue weighted by atomic mass is 10.3. The molecule has 1 heterocycles. The smallest absolute Gasteiger partial charge is 0.144 e. The molecule has 0 N–H and O–H groups in total. The molecule has 0 radical (unpaired) electrons. The summed E-state index contributed by atoms with van der Waals surface area (Å²) in [5.74, 6) is 0. The highest BCUT2D eigenvalue weighted by molar-refractivity contribution is 9.09. The molecular weight excluding hydrogens is 203 g/mol. The van der Waals surface area contributed by atoms with Gasteiger partial charge in [0.25, 0.3) is 0 Å². The number of hydrogen-bond donors (Lipinski definition) is 0. The van der Waals surface area contributed by atoms with Crippen LogP contribution >= 0.6 is 27.3 Å². The van der Waals surface area contributed by atoms with Crippen molar-refractivity contribution in [1.29, 1.82) is 0 Å². The highest BCUT2D eigenvalue weighted by Gasteiger charge is 2.06. The Morgan fingerprint density at radius 2 is 2.56 bits per heavy atom. The maximum absolute atomic E-state index is 12.7. The van der Waals surface area contributed by atoms with Crippen molar-refractivity contribution in [1.82, 2.24) is 0 Å². The summed E-state index contributed by atoms with van der Waals surface area (Å²) in [5, 5.41) is 2.28. The van der Waals surface area contributed by atoms with Crippen molar-refractivity contribution < 1.29 is 4.39 Å². The molecule has 3 heteroatoms. The van der Waals surface area contributed by atoms with Crippen LogP contribution in [-0.2, 0) is 0 Å². The Hall–Kier alpha value is 0.110. The average Bonchev–Trinajstić information content (AvgIpc) is 2.37. The fourth-order valence-electron chi connectivity index (χ4n) is 0.546. The Morgan fingerprint density at radius 1 is 1.78 bits per heavy atom. The zero-order valence-corrected chi connectivity index (χ0v) is 7.08. The van der Waals surface area contributed by atoms with E-state index in [-0.39, 0.29) is 0 Å². The first-order valence-electron chi connectivity index (χ1n) is 2.58. The second kappa shape index (κ2) is 3.32. The van der Waals surface area contributed by atoms with Gasteiger partial charge in [-0.15, -0.1) is 11.3 Å². The number of rotatable bonds is 2. The normalized spacial score (nSPS) is 13.6. The second-order valence-electron chi connectivity index (χ2n) is 1.64. The van der Waals surface area contributed by atoms with Gasteiger partial charge in [0.2, 0.25) is 0 Å². The van der Waals surface area contributed by atoms with E-state index in [0.717, 1.165) is 4.88 Å². The van der Waals surface area contributed by atoms with Gasteiger partial charge in [0.15, 0.2) is 0 Å². The van der Waals surface area contributed by atoms with E-state index in [1.807, 2.05) is 11.4 Å². The molecule has 50 valence electrons. The minimum Gasteiger partial charge on any atom is -0.240 e. The van der Waals surface area contributed by atoms with Crippen LogP contribution in [0.4, 0.5) is 4.39 Å². The average molecular weight is 209 g/mol. The van der Waals surface area contributed by atoms with Crippen LogP contribution in [-0.4, -0.2) is 5.33 Å². The second-order valence-corrected chi connectivity index (χ2v) is 3.26. The molecule has 1 aromatic heterocycles. The molecular formula is C6H6BrFS. The minimum absolute atomic E-state index is 0.396. The Balaban J connectivity index is 2.65. The Morgan fingerprint density at radius 3 is 3.00 bits per heavy atom. The van der Waals surface area contributed by atoms with Crippen molar-refractivity contribution in [3.05, 3.63) is 22.4 Å². The summed E-state index contributed by atoms with van der Waals surface area (Å²) in [4.78, 5) is 0.798. The van der Waals surface area contributed by atoms with Crippen molar-refractivity contribution in [2.45, 2.75) is 6.17 Å². The van der Waals surface area contributed by atoms with Gasteiger partial charge >= 0.3 is 0 Å². The maximum Gasteiger partial charge on any atom is 0.144 e. The lowest BCUT2D eigenvalue weighted by Crippen LogP contribution is -1.86. The molecule has 0 aliphatic heterocycles. The molecule has 0 spiro atoms. The van der Waals surface area contributed by atoms with E-state index in [1.165, 1.54) is 11.3 Å². The molecule has 0 unspecified atom stereocenters. The molecule has 0 aliphatic rings. The van der Waals surface area contributed by atoms with Gasteiger partial charge in [0.1, 0.15) is 6.17 Å². The van der Waals surface area contributed by atoms with E-state index < -0.39 is 6.17 Å². The molecule has 0 aliphatic carbocycles. The van der Waals surface area contributed by atoms with E-state index in [4.69, 9.17) is 0 Å². The summed E-state index contributed by atoms with van der Waals surface area (Å²) in [7, 11) is 0. The van der Waals surface area contributed by atoms with Gasteiger partial charge in [-0.1, -0.05) is 22.0 Å². The van der Waals surface area contributed by atoms with Gasteiger partial charge in [-0.2, -0.15) is 0 Å². The number of hydrogen-bond acceptors (Lipinski definition) is 1. The number of thiophene rings is 1. The minimum atomic E-state index is -0.829. The van der Waals surface area contributed by atoms with E-state index in [2.05, 4.69) is 15.9 Å². The van der Waals surface area contributed by atoms with Crippen molar-refractivity contribution in [2.75, 3.05) is 5.33 Å². The summed E-state index contributed by atoms with van der Waals surface area (Å²) >= 11 is 4.52. The number of halogens is 2. The molecule has 1 atom stereocenters. The highest BCUT2D eigenvalue weighted by atomic mass is 79.9. The van der Waals surface area contributed by atoms with Crippen molar-refractivity contribution in [2.24, 2.45) is 0 Å². The topological polar surface area (TPSA) is 0 Å². The molecule has 0 saturated carbocycles. The zero-order valence-electron chi connectivity index (χ0n) is 4.68. The third-order valence-corrected chi connectivity index (χ3v) is 2.51. The van der Waals surface area contributed by atoms with E-state index in [1.54, 1.807) is 6.07 Å². The highest BCUT2D eigenvalue weighted by Crippen LogP contribution is 2.23. The lowest BCUT2D eigenvalue weighted by molar-refractivity contribution is 0.389. The van der Waals surface area contributed by atoms with Crippen LogP contribution < -0.4 is 0 Å². The summed E-state index contributed by atoms with van der Waals surface area (Å²) in [6.07, 6.45) is -0.829. The van der Waals surface area contributed by atoms with Crippen molar-refractivity contribution in [3.63, 3.8) is 0 Å². The van der Waals surface area contributed by atoms with Gasteiger partial charge < -0.3 is 0 Å². The molecule has 0 bridgehead atoms. The first-order chi connectivity index (χ1) is 4.34. The van der Waals surface area contributed by atoms with Gasteiger partial charge in [0.05, 0.1) is 0 Å². The molecule has 0 amide bonds. The van der Waals surface area contributed by atoms with Crippen LogP contribution in [0.2, 0.25) is 0 Å². The molecule has 0 nitrogen and oxygen atoms in total. The van der Waals surface area contributed by atoms with Gasteiger partial charge in [-0.3, -0.25) is 0 Å². The summed E-state index contributed by atoms with van der Waals surface area (Å²) in [6, 6.07) is 3.66. The van der Waals surface area contributed by atoms with E-state index >= 15 is 0 Å². The van der Waals surface area contributed by atoms with Crippen LogP contribution in [0.25, 0.3) is 0 Å². The predicted octanol–water partition coefficient (Wildman–Crippen LogP) is 3.15. The first-order valence-corrected chi connectivity index (χ1v) is 4.58. The molecule has 9 heavy (non-hydrogen) atoms. The Kier molecular flexibility index (Phi) is 2.66. The molecule has 0 saturated heterocycles. The molecule has 1 aromatic rings. The van der Waals surface area contributed by atoms with Crippen LogP contribution in [0.5, 0.6) is 0 Å². The fourth-order valence-corrected chi connectivity index (χ4v) is 1.81. The first kappa shape index (κ1) is 7.22. The predicted molar refractivity (Wildman–Crippen MR) is 42.0 cm³/mol. The summed E-state index contributed by atoms with van der Waals surface area (Å²) < 4.78 is 12.7. The summed E-state index contributed by atoms with van der Waals surface area (Å²) in [6.45, 7) is 0. The standard InChI is InChI=1S/C6H6BrFS/c7-4-5(8)6-2-1-3-9-6/h1-3,5H,4H2/t5-/m0/s1. The molecule has 0 fully saturated rings. The van der Waals surface area contributed by atoms with Crippen LogP contribution in [0.3, 0.4) is 0 Å².